The molecule has 0 aliphatic carbocycles. The zero-order chi connectivity index (χ0) is 16.1. The zero-order valence-corrected chi connectivity index (χ0v) is 12.9. The normalized spacial score (nSPS) is 19.1. The maximum Gasteiger partial charge on any atom is 0.197 e. The minimum absolute atomic E-state index is 0.0693. The lowest BCUT2D eigenvalue weighted by molar-refractivity contribution is -0.0463. The van der Waals surface area contributed by atoms with Crippen molar-refractivity contribution >= 4 is 0 Å². The second-order valence-corrected chi connectivity index (χ2v) is 5.18. The number of ether oxygens (including phenoxy) is 3. The van der Waals surface area contributed by atoms with E-state index in [1.54, 1.807) is 18.3 Å². The van der Waals surface area contributed by atoms with Gasteiger partial charge in [0.05, 0.1) is 19.4 Å². The quantitative estimate of drug-likeness (QED) is 0.917. The number of pyridine rings is 1. The van der Waals surface area contributed by atoms with Gasteiger partial charge in [-0.1, -0.05) is 12.1 Å². The lowest BCUT2D eigenvalue weighted by atomic mass is 10.1. The van der Waals surface area contributed by atoms with Crippen LogP contribution in [0.2, 0.25) is 0 Å². The minimum atomic E-state index is -0.533. The number of hydrogen-bond acceptors (Lipinski definition) is 5. The molecule has 0 saturated carbocycles. The summed E-state index contributed by atoms with van der Waals surface area (Å²) in [5, 5.41) is 3.26. The van der Waals surface area contributed by atoms with E-state index in [1.807, 2.05) is 18.2 Å². The second kappa shape index (κ2) is 7.39. The van der Waals surface area contributed by atoms with Gasteiger partial charge in [-0.2, -0.15) is 0 Å². The zero-order valence-electron chi connectivity index (χ0n) is 12.9. The first kappa shape index (κ1) is 15.7. The van der Waals surface area contributed by atoms with Crippen molar-refractivity contribution < 1.29 is 18.6 Å². The molecule has 1 aliphatic rings. The summed E-state index contributed by atoms with van der Waals surface area (Å²) >= 11 is 0. The number of halogens is 1. The van der Waals surface area contributed by atoms with Crippen LogP contribution < -0.4 is 14.8 Å². The summed E-state index contributed by atoms with van der Waals surface area (Å²) in [6.45, 7) is 1.97. The molecule has 23 heavy (non-hydrogen) atoms. The molecule has 1 aliphatic heterocycles. The van der Waals surface area contributed by atoms with E-state index in [0.29, 0.717) is 24.6 Å². The maximum absolute atomic E-state index is 14.2. The van der Waals surface area contributed by atoms with Gasteiger partial charge in [0, 0.05) is 19.3 Å². The van der Waals surface area contributed by atoms with Gasteiger partial charge in [0.15, 0.2) is 23.4 Å². The Hall–Kier alpha value is -2.18. The van der Waals surface area contributed by atoms with Crippen LogP contribution in [0, 0.1) is 5.82 Å². The van der Waals surface area contributed by atoms with Crippen molar-refractivity contribution in [2.45, 2.75) is 12.2 Å². The SMILES string of the molecule is COc1cccc(F)c1O[C@@H](c1ccccn1)[C@@H]1CNCCO1. The number of morpholine rings is 1. The molecule has 0 unspecified atom stereocenters. The monoisotopic (exact) mass is 318 g/mol. The van der Waals surface area contributed by atoms with Gasteiger partial charge in [-0.05, 0) is 24.3 Å². The third-order valence-electron chi connectivity index (χ3n) is 3.67. The highest BCUT2D eigenvalue weighted by molar-refractivity contribution is 5.41. The second-order valence-electron chi connectivity index (χ2n) is 5.18. The van der Waals surface area contributed by atoms with E-state index >= 15 is 0 Å². The fourth-order valence-electron chi connectivity index (χ4n) is 2.54. The molecular formula is C17H19FN2O3. The average molecular weight is 318 g/mol. The Kier molecular flexibility index (Phi) is 5.05. The minimum Gasteiger partial charge on any atom is -0.493 e. The third-order valence-corrected chi connectivity index (χ3v) is 3.67. The topological polar surface area (TPSA) is 52.6 Å². The third kappa shape index (κ3) is 3.60. The highest BCUT2D eigenvalue weighted by atomic mass is 19.1. The van der Waals surface area contributed by atoms with E-state index < -0.39 is 11.9 Å². The molecule has 3 rings (SSSR count). The van der Waals surface area contributed by atoms with E-state index in [1.165, 1.54) is 13.2 Å². The lowest BCUT2D eigenvalue weighted by Gasteiger charge is -2.31. The van der Waals surface area contributed by atoms with Crippen molar-refractivity contribution in [3.05, 3.63) is 54.1 Å². The molecule has 0 bridgehead atoms. The first-order valence-electron chi connectivity index (χ1n) is 7.52. The molecule has 0 amide bonds. The number of para-hydroxylation sites is 1. The smallest absolute Gasteiger partial charge is 0.197 e. The summed E-state index contributed by atoms with van der Waals surface area (Å²) in [6.07, 6.45) is 0.887. The van der Waals surface area contributed by atoms with Gasteiger partial charge >= 0.3 is 0 Å². The Morgan fingerprint density at radius 1 is 1.30 bits per heavy atom. The average Bonchev–Trinajstić information content (AvgIpc) is 2.62. The van der Waals surface area contributed by atoms with Crippen molar-refractivity contribution in [2.75, 3.05) is 26.8 Å². The predicted molar refractivity (Wildman–Crippen MR) is 83.2 cm³/mol. The lowest BCUT2D eigenvalue weighted by Crippen LogP contribution is -2.43. The van der Waals surface area contributed by atoms with Crippen molar-refractivity contribution in [3.8, 4) is 11.5 Å². The first-order valence-corrected chi connectivity index (χ1v) is 7.52. The van der Waals surface area contributed by atoms with Gasteiger partial charge in [-0.15, -0.1) is 0 Å². The molecule has 2 aromatic rings. The number of nitrogens with zero attached hydrogens (tertiary/aromatic N) is 1. The highest BCUT2D eigenvalue weighted by Crippen LogP contribution is 2.35. The van der Waals surface area contributed by atoms with Crippen LogP contribution in [0.15, 0.2) is 42.6 Å². The maximum atomic E-state index is 14.2. The van der Waals surface area contributed by atoms with Crippen LogP contribution in [0.4, 0.5) is 4.39 Å². The Labute approximate surface area is 134 Å². The molecule has 1 aromatic carbocycles. The Bertz CT molecular complexity index is 633. The summed E-state index contributed by atoms with van der Waals surface area (Å²) < 4.78 is 31.2. The van der Waals surface area contributed by atoms with E-state index in [-0.39, 0.29) is 11.9 Å². The summed E-state index contributed by atoms with van der Waals surface area (Å²) in [7, 11) is 1.48. The summed E-state index contributed by atoms with van der Waals surface area (Å²) in [5.41, 5.74) is 0.687. The predicted octanol–water partition coefficient (Wildman–Crippen LogP) is 2.34. The molecule has 1 saturated heterocycles. The number of benzene rings is 1. The molecule has 122 valence electrons. The first-order chi connectivity index (χ1) is 11.3. The van der Waals surface area contributed by atoms with Crippen molar-refractivity contribution in [3.63, 3.8) is 0 Å². The van der Waals surface area contributed by atoms with Crippen molar-refractivity contribution in [1.29, 1.82) is 0 Å². The standard InChI is InChI=1S/C17H19FN2O3/c1-21-14-7-4-5-12(18)16(14)23-17(13-6-2-3-8-20-13)15-11-19-9-10-22-15/h2-8,15,17,19H,9-11H2,1H3/t15-,17-/m0/s1. The van der Waals surface area contributed by atoms with Crippen LogP contribution in [-0.4, -0.2) is 37.9 Å². The summed E-state index contributed by atoms with van der Waals surface area (Å²) in [6, 6.07) is 10.1. The Morgan fingerprint density at radius 3 is 2.91 bits per heavy atom. The molecule has 1 N–H and O–H groups in total. The molecular weight excluding hydrogens is 299 g/mol. The molecule has 5 nitrogen and oxygen atoms in total. The van der Waals surface area contributed by atoms with E-state index in [0.717, 1.165) is 6.54 Å². The van der Waals surface area contributed by atoms with Crippen LogP contribution in [-0.2, 0) is 4.74 Å². The highest BCUT2D eigenvalue weighted by Gasteiger charge is 2.30. The van der Waals surface area contributed by atoms with Gasteiger partial charge in [0.1, 0.15) is 6.10 Å². The van der Waals surface area contributed by atoms with Gasteiger partial charge < -0.3 is 19.5 Å². The van der Waals surface area contributed by atoms with E-state index in [9.17, 15) is 4.39 Å². The Morgan fingerprint density at radius 2 is 2.22 bits per heavy atom. The molecule has 2 atom stereocenters. The molecule has 0 spiro atoms. The van der Waals surface area contributed by atoms with Crippen LogP contribution >= 0.6 is 0 Å². The number of aromatic nitrogens is 1. The van der Waals surface area contributed by atoms with Gasteiger partial charge in [0.25, 0.3) is 0 Å². The van der Waals surface area contributed by atoms with Gasteiger partial charge in [-0.3, -0.25) is 4.98 Å². The van der Waals surface area contributed by atoms with E-state index in [2.05, 4.69) is 10.3 Å². The van der Waals surface area contributed by atoms with Crippen LogP contribution in [0.5, 0.6) is 11.5 Å². The molecule has 6 heteroatoms. The van der Waals surface area contributed by atoms with Crippen LogP contribution in [0.25, 0.3) is 0 Å². The molecule has 0 radical (unpaired) electrons. The Balaban J connectivity index is 1.93. The fraction of sp³-hybridized carbons (Fsp3) is 0.353. The summed E-state index contributed by atoms with van der Waals surface area (Å²) in [5.74, 6) is -0.0661. The number of hydrogen-bond donors (Lipinski definition) is 1. The van der Waals surface area contributed by atoms with Crippen LogP contribution in [0.3, 0.4) is 0 Å². The fourth-order valence-corrected chi connectivity index (χ4v) is 2.54. The van der Waals surface area contributed by atoms with Crippen LogP contribution in [0.1, 0.15) is 11.8 Å². The van der Waals surface area contributed by atoms with E-state index in [4.69, 9.17) is 14.2 Å². The number of rotatable bonds is 5. The number of methoxy groups -OCH3 is 1. The molecule has 1 fully saturated rings. The molecule has 2 heterocycles. The van der Waals surface area contributed by atoms with Crippen molar-refractivity contribution in [2.24, 2.45) is 0 Å². The van der Waals surface area contributed by atoms with Crippen molar-refractivity contribution in [1.82, 2.24) is 10.3 Å². The number of nitrogens with one attached hydrogen (secondary N) is 1. The van der Waals surface area contributed by atoms with Gasteiger partial charge in [-0.25, -0.2) is 4.39 Å². The molecule has 1 aromatic heterocycles. The largest absolute Gasteiger partial charge is 0.493 e. The summed E-state index contributed by atoms with van der Waals surface area (Å²) in [4.78, 5) is 4.34. The van der Waals surface area contributed by atoms with Gasteiger partial charge in [0.2, 0.25) is 0 Å².